The molecule has 0 spiro atoms. The largest absolute Gasteiger partial charge is 0.497 e. The van der Waals surface area contributed by atoms with Gasteiger partial charge in [0.15, 0.2) is 0 Å². The number of likely N-dealkylation sites (N-methyl/N-ethyl adjacent to an activating group) is 1. The Morgan fingerprint density at radius 2 is 1.53 bits per heavy atom. The SMILES string of the molecule is CCN1C(=O)C(=Nc2oc(-c3ccc(OC)cc3)c(-c3ccc(OC)cc3)c2C#N)c2ccccc21. The normalized spacial score (nSPS) is 13.6. The van der Waals surface area contributed by atoms with Crippen LogP contribution in [0.2, 0.25) is 0 Å². The number of nitrogens with zero attached hydrogens (tertiary/aromatic N) is 3. The predicted molar refractivity (Wildman–Crippen MR) is 138 cm³/mol. The summed E-state index contributed by atoms with van der Waals surface area (Å²) in [4.78, 5) is 19.5. The van der Waals surface area contributed by atoms with Gasteiger partial charge in [0.05, 0.1) is 19.9 Å². The zero-order valence-electron chi connectivity index (χ0n) is 20.1. The molecule has 5 rings (SSSR count). The molecule has 7 heteroatoms. The van der Waals surface area contributed by atoms with Gasteiger partial charge in [-0.1, -0.05) is 30.3 Å². The monoisotopic (exact) mass is 477 g/mol. The van der Waals surface area contributed by atoms with Crippen LogP contribution in [0.15, 0.2) is 82.2 Å². The average Bonchev–Trinajstić information content (AvgIpc) is 3.43. The highest BCUT2D eigenvalue weighted by molar-refractivity contribution is 6.54. The van der Waals surface area contributed by atoms with Gasteiger partial charge in [0.25, 0.3) is 5.91 Å². The van der Waals surface area contributed by atoms with Gasteiger partial charge in [-0.05, 0) is 55.0 Å². The summed E-state index contributed by atoms with van der Waals surface area (Å²) in [6.07, 6.45) is 0. The lowest BCUT2D eigenvalue weighted by Crippen LogP contribution is -2.29. The van der Waals surface area contributed by atoms with Crippen LogP contribution in [0.4, 0.5) is 11.6 Å². The molecule has 4 aromatic rings. The Morgan fingerprint density at radius 3 is 2.11 bits per heavy atom. The van der Waals surface area contributed by atoms with Crippen LogP contribution in [-0.2, 0) is 4.79 Å². The number of hydrogen-bond acceptors (Lipinski definition) is 6. The van der Waals surface area contributed by atoms with Crippen molar-refractivity contribution in [3.05, 3.63) is 83.9 Å². The molecule has 2 heterocycles. The zero-order valence-corrected chi connectivity index (χ0v) is 20.1. The smallest absolute Gasteiger partial charge is 0.277 e. The van der Waals surface area contributed by atoms with Gasteiger partial charge in [-0.15, -0.1) is 0 Å². The van der Waals surface area contributed by atoms with Crippen molar-refractivity contribution in [1.29, 1.82) is 5.26 Å². The Morgan fingerprint density at radius 1 is 0.917 bits per heavy atom. The van der Waals surface area contributed by atoms with Gasteiger partial charge in [0.2, 0.25) is 5.88 Å². The number of nitriles is 1. The third kappa shape index (κ3) is 3.79. The molecule has 0 aliphatic carbocycles. The van der Waals surface area contributed by atoms with E-state index >= 15 is 0 Å². The van der Waals surface area contributed by atoms with E-state index in [-0.39, 0.29) is 23.1 Å². The Hall–Kier alpha value is -4.83. The van der Waals surface area contributed by atoms with Gasteiger partial charge < -0.3 is 18.8 Å². The maximum absolute atomic E-state index is 13.2. The van der Waals surface area contributed by atoms with E-state index in [1.54, 1.807) is 19.1 Å². The summed E-state index contributed by atoms with van der Waals surface area (Å²) < 4.78 is 16.8. The van der Waals surface area contributed by atoms with E-state index in [0.717, 1.165) is 16.8 Å². The highest BCUT2D eigenvalue weighted by Gasteiger charge is 2.34. The van der Waals surface area contributed by atoms with Crippen molar-refractivity contribution in [3.63, 3.8) is 0 Å². The molecule has 0 saturated carbocycles. The van der Waals surface area contributed by atoms with Crippen molar-refractivity contribution in [3.8, 4) is 40.0 Å². The van der Waals surface area contributed by atoms with Gasteiger partial charge in [-0.2, -0.15) is 5.26 Å². The molecule has 1 aromatic heterocycles. The number of furan rings is 1. The second kappa shape index (κ2) is 9.43. The first-order valence-electron chi connectivity index (χ1n) is 11.4. The van der Waals surface area contributed by atoms with Crippen molar-refractivity contribution in [1.82, 2.24) is 0 Å². The number of methoxy groups -OCH3 is 2. The van der Waals surface area contributed by atoms with Crippen LogP contribution in [-0.4, -0.2) is 32.4 Å². The highest BCUT2D eigenvalue weighted by Crippen LogP contribution is 2.44. The number of para-hydroxylation sites is 1. The first kappa shape index (κ1) is 22.9. The fourth-order valence-electron chi connectivity index (χ4n) is 4.37. The highest BCUT2D eigenvalue weighted by atomic mass is 16.5. The molecule has 0 atom stereocenters. The van der Waals surface area contributed by atoms with E-state index < -0.39 is 0 Å². The number of rotatable bonds is 6. The first-order chi connectivity index (χ1) is 17.6. The minimum atomic E-state index is -0.226. The molecule has 1 aliphatic heterocycles. The second-order valence-electron chi connectivity index (χ2n) is 8.08. The number of carbonyl (C=O) groups is 1. The van der Waals surface area contributed by atoms with Crippen LogP contribution >= 0.6 is 0 Å². The van der Waals surface area contributed by atoms with Gasteiger partial charge in [0.1, 0.15) is 34.6 Å². The topological polar surface area (TPSA) is 88.1 Å². The van der Waals surface area contributed by atoms with E-state index in [4.69, 9.17) is 13.9 Å². The Kier molecular flexibility index (Phi) is 6.01. The summed E-state index contributed by atoms with van der Waals surface area (Å²) in [6.45, 7) is 2.42. The van der Waals surface area contributed by atoms with Crippen molar-refractivity contribution >= 4 is 23.2 Å². The summed E-state index contributed by atoms with van der Waals surface area (Å²) in [5.41, 5.74) is 4.11. The molecule has 0 saturated heterocycles. The second-order valence-corrected chi connectivity index (χ2v) is 8.08. The molecule has 0 bridgehead atoms. The van der Waals surface area contributed by atoms with E-state index in [9.17, 15) is 10.1 Å². The summed E-state index contributed by atoms with van der Waals surface area (Å²) in [6, 6.07) is 24.5. The number of hydrogen-bond donors (Lipinski definition) is 0. The quantitative estimate of drug-likeness (QED) is 0.340. The van der Waals surface area contributed by atoms with Gasteiger partial charge >= 0.3 is 0 Å². The standard InChI is InChI=1S/C29H23N3O4/c1-4-32-24-8-6-5-7-22(24)26(29(32)33)31-28-23(17-30)25(18-9-13-20(34-2)14-10-18)27(36-28)19-11-15-21(35-3)16-12-19/h5-16H,4H2,1-3H3. The molecule has 0 radical (unpaired) electrons. The van der Waals surface area contributed by atoms with Gasteiger partial charge in [0, 0.05) is 23.2 Å². The van der Waals surface area contributed by atoms with Gasteiger partial charge in [-0.3, -0.25) is 4.79 Å². The van der Waals surface area contributed by atoms with Crippen molar-refractivity contribution in [2.75, 3.05) is 25.7 Å². The van der Waals surface area contributed by atoms with Crippen LogP contribution in [0.3, 0.4) is 0 Å². The molecule has 3 aromatic carbocycles. The molecule has 0 unspecified atom stereocenters. The minimum Gasteiger partial charge on any atom is -0.497 e. The molecular weight excluding hydrogens is 454 g/mol. The number of carbonyl (C=O) groups excluding carboxylic acids is 1. The number of ether oxygens (including phenoxy) is 2. The van der Waals surface area contributed by atoms with Crippen LogP contribution in [0.5, 0.6) is 11.5 Å². The zero-order chi connectivity index (χ0) is 25.2. The molecule has 7 nitrogen and oxygen atoms in total. The lowest BCUT2D eigenvalue weighted by atomic mass is 9.98. The molecule has 0 N–H and O–H groups in total. The molecule has 1 aliphatic rings. The van der Waals surface area contributed by atoms with E-state index in [1.807, 2.05) is 79.7 Å². The summed E-state index contributed by atoms with van der Waals surface area (Å²) in [5, 5.41) is 10.2. The van der Waals surface area contributed by atoms with Crippen molar-refractivity contribution in [2.24, 2.45) is 4.99 Å². The Balaban J connectivity index is 1.73. The van der Waals surface area contributed by atoms with Crippen molar-refractivity contribution in [2.45, 2.75) is 6.92 Å². The number of aliphatic imine (C=N–C) groups is 1. The molecule has 1 amide bonds. The Labute approximate surface area is 208 Å². The minimum absolute atomic E-state index is 0.0882. The van der Waals surface area contributed by atoms with Crippen LogP contribution in [0.1, 0.15) is 18.1 Å². The molecule has 0 fully saturated rings. The van der Waals surface area contributed by atoms with E-state index in [0.29, 0.717) is 34.9 Å². The van der Waals surface area contributed by atoms with E-state index in [1.165, 1.54) is 0 Å². The number of amides is 1. The summed E-state index contributed by atoms with van der Waals surface area (Å²) >= 11 is 0. The predicted octanol–water partition coefficient (Wildman–Crippen LogP) is 5.99. The van der Waals surface area contributed by atoms with Gasteiger partial charge in [-0.25, -0.2) is 4.99 Å². The molecule has 178 valence electrons. The third-order valence-electron chi connectivity index (χ3n) is 6.16. The van der Waals surface area contributed by atoms with Crippen LogP contribution in [0, 0.1) is 11.3 Å². The molecule has 36 heavy (non-hydrogen) atoms. The average molecular weight is 478 g/mol. The maximum Gasteiger partial charge on any atom is 0.277 e. The van der Waals surface area contributed by atoms with Crippen LogP contribution in [0.25, 0.3) is 22.5 Å². The lowest BCUT2D eigenvalue weighted by Gasteiger charge is -2.12. The van der Waals surface area contributed by atoms with Crippen molar-refractivity contribution < 1.29 is 18.7 Å². The lowest BCUT2D eigenvalue weighted by molar-refractivity contribution is -0.112. The third-order valence-corrected chi connectivity index (χ3v) is 6.16. The number of fused-ring (bicyclic) bond motifs is 1. The maximum atomic E-state index is 13.2. The fourth-order valence-corrected chi connectivity index (χ4v) is 4.37. The molecular formula is C29H23N3O4. The Bertz CT molecular complexity index is 1510. The summed E-state index contributed by atoms with van der Waals surface area (Å²) in [5.74, 6) is 1.73. The van der Waals surface area contributed by atoms with Crippen LogP contribution < -0.4 is 14.4 Å². The first-order valence-corrected chi connectivity index (χ1v) is 11.4. The number of benzene rings is 3. The summed E-state index contributed by atoms with van der Waals surface area (Å²) in [7, 11) is 3.20. The van der Waals surface area contributed by atoms with E-state index in [2.05, 4.69) is 11.1 Å². The fraction of sp³-hybridized carbons (Fsp3) is 0.138. The number of anilines is 1.